The van der Waals surface area contributed by atoms with Crippen molar-refractivity contribution in [1.29, 1.82) is 0 Å². The lowest BCUT2D eigenvalue weighted by atomic mass is 10.1. The van der Waals surface area contributed by atoms with Gasteiger partial charge >= 0.3 is 5.97 Å². The van der Waals surface area contributed by atoms with Gasteiger partial charge in [-0.15, -0.1) is 0 Å². The molecule has 0 amide bonds. The van der Waals surface area contributed by atoms with Gasteiger partial charge in [-0.3, -0.25) is 0 Å². The van der Waals surface area contributed by atoms with Crippen molar-refractivity contribution in [2.45, 2.75) is 0 Å². The fourth-order valence-electron chi connectivity index (χ4n) is 1.50. The third-order valence-electron chi connectivity index (χ3n) is 2.33. The summed E-state index contributed by atoms with van der Waals surface area (Å²) < 4.78 is 9.95. The first-order chi connectivity index (χ1) is 8.31. The molecule has 0 spiro atoms. The molecule has 0 radical (unpaired) electrons. The summed E-state index contributed by atoms with van der Waals surface area (Å²) in [6.07, 6.45) is 4.65. The van der Waals surface area contributed by atoms with Crippen LogP contribution in [0.1, 0.15) is 5.56 Å². The minimum atomic E-state index is -0.384. The Hall–Kier alpha value is -2.29. The first kappa shape index (κ1) is 11.2. The van der Waals surface area contributed by atoms with E-state index in [1.54, 1.807) is 12.3 Å². The average Bonchev–Trinajstić information content (AvgIpc) is 2.85. The van der Waals surface area contributed by atoms with Crippen LogP contribution < -0.4 is 0 Å². The van der Waals surface area contributed by atoms with Crippen LogP contribution in [0.2, 0.25) is 0 Å². The van der Waals surface area contributed by atoms with Crippen LogP contribution in [-0.2, 0) is 9.53 Å². The molecule has 86 valence electrons. The number of rotatable bonds is 3. The fraction of sp³-hybridized carbons (Fsp3) is 0.0714. The molecule has 0 saturated heterocycles. The summed E-state index contributed by atoms with van der Waals surface area (Å²) in [5.41, 5.74) is 1.82. The van der Waals surface area contributed by atoms with Gasteiger partial charge in [0.2, 0.25) is 0 Å². The molecule has 0 aliphatic carbocycles. The zero-order chi connectivity index (χ0) is 12.1. The first-order valence-electron chi connectivity index (χ1n) is 5.20. The Morgan fingerprint density at radius 1 is 1.24 bits per heavy atom. The van der Waals surface area contributed by atoms with E-state index in [0.717, 1.165) is 16.9 Å². The van der Waals surface area contributed by atoms with Crippen molar-refractivity contribution >= 4 is 12.0 Å². The number of benzene rings is 1. The van der Waals surface area contributed by atoms with Gasteiger partial charge in [-0.2, -0.15) is 0 Å². The molecule has 0 unspecified atom stereocenters. The van der Waals surface area contributed by atoms with Crippen molar-refractivity contribution in [2.24, 2.45) is 0 Å². The maximum Gasteiger partial charge on any atom is 0.330 e. The van der Waals surface area contributed by atoms with Crippen molar-refractivity contribution in [3.05, 3.63) is 54.3 Å². The van der Waals surface area contributed by atoms with Gasteiger partial charge in [0.15, 0.2) is 0 Å². The molecule has 2 rings (SSSR count). The Bertz CT molecular complexity index is 523. The Morgan fingerprint density at radius 3 is 2.71 bits per heavy atom. The summed E-state index contributed by atoms with van der Waals surface area (Å²) in [5, 5.41) is 0. The lowest BCUT2D eigenvalue weighted by Crippen LogP contribution is -1.93. The average molecular weight is 228 g/mol. The van der Waals surface area contributed by atoms with Gasteiger partial charge in [0.25, 0.3) is 0 Å². The molecule has 3 nitrogen and oxygen atoms in total. The second-order valence-electron chi connectivity index (χ2n) is 3.43. The SMILES string of the molecule is COC(=O)/C=C/c1ccoc1-c1ccccc1. The van der Waals surface area contributed by atoms with Crippen LogP contribution in [0.4, 0.5) is 0 Å². The van der Waals surface area contributed by atoms with Gasteiger partial charge in [-0.05, 0) is 12.1 Å². The van der Waals surface area contributed by atoms with Crippen molar-refractivity contribution in [3.63, 3.8) is 0 Å². The van der Waals surface area contributed by atoms with E-state index in [4.69, 9.17) is 4.42 Å². The van der Waals surface area contributed by atoms with E-state index in [0.29, 0.717) is 0 Å². The van der Waals surface area contributed by atoms with Crippen LogP contribution >= 0.6 is 0 Å². The smallest absolute Gasteiger partial charge is 0.330 e. The lowest BCUT2D eigenvalue weighted by Gasteiger charge is -1.98. The standard InChI is InChI=1S/C14H12O3/c1-16-13(15)8-7-12-9-10-17-14(12)11-5-3-2-4-6-11/h2-10H,1H3/b8-7+. The molecule has 0 saturated carbocycles. The highest BCUT2D eigenvalue weighted by molar-refractivity contribution is 5.88. The molecule has 17 heavy (non-hydrogen) atoms. The number of carbonyl (C=O) groups is 1. The summed E-state index contributed by atoms with van der Waals surface area (Å²) in [6, 6.07) is 11.5. The predicted octanol–water partition coefficient (Wildman–Crippen LogP) is 3.13. The third kappa shape index (κ3) is 2.64. The maximum absolute atomic E-state index is 11.0. The number of hydrogen-bond acceptors (Lipinski definition) is 3. The van der Waals surface area contributed by atoms with E-state index in [1.807, 2.05) is 36.4 Å². The molecule has 1 aromatic heterocycles. The van der Waals surface area contributed by atoms with Gasteiger partial charge in [0, 0.05) is 17.2 Å². The van der Waals surface area contributed by atoms with Crippen molar-refractivity contribution in [3.8, 4) is 11.3 Å². The second-order valence-corrected chi connectivity index (χ2v) is 3.43. The van der Waals surface area contributed by atoms with Crippen molar-refractivity contribution in [2.75, 3.05) is 7.11 Å². The molecule has 0 bridgehead atoms. The summed E-state index contributed by atoms with van der Waals surface area (Å²) in [6.45, 7) is 0. The Labute approximate surface area is 99.3 Å². The van der Waals surface area contributed by atoms with Crippen molar-refractivity contribution in [1.82, 2.24) is 0 Å². The second kappa shape index (κ2) is 5.16. The Kier molecular flexibility index (Phi) is 3.40. The molecule has 1 aromatic carbocycles. The molecule has 1 heterocycles. The van der Waals surface area contributed by atoms with Crippen LogP contribution in [0.5, 0.6) is 0 Å². The van der Waals surface area contributed by atoms with Crippen LogP contribution in [0.15, 0.2) is 53.2 Å². The van der Waals surface area contributed by atoms with Gasteiger partial charge in [-0.1, -0.05) is 30.3 Å². The number of esters is 1. The molecular formula is C14H12O3. The van der Waals surface area contributed by atoms with Crippen LogP contribution in [0.25, 0.3) is 17.4 Å². The zero-order valence-electron chi connectivity index (χ0n) is 9.42. The Balaban J connectivity index is 2.30. The summed E-state index contributed by atoms with van der Waals surface area (Å²) >= 11 is 0. The zero-order valence-corrected chi connectivity index (χ0v) is 9.42. The molecule has 0 aliphatic rings. The normalized spacial score (nSPS) is 10.6. The monoisotopic (exact) mass is 228 g/mol. The lowest BCUT2D eigenvalue weighted by molar-refractivity contribution is -0.134. The van der Waals surface area contributed by atoms with Gasteiger partial charge in [0.1, 0.15) is 5.76 Å². The molecule has 3 heteroatoms. The maximum atomic E-state index is 11.0. The van der Waals surface area contributed by atoms with E-state index in [1.165, 1.54) is 13.2 Å². The first-order valence-corrected chi connectivity index (χ1v) is 5.20. The number of carbonyl (C=O) groups excluding carboxylic acids is 1. The van der Waals surface area contributed by atoms with E-state index >= 15 is 0 Å². The highest BCUT2D eigenvalue weighted by atomic mass is 16.5. The Morgan fingerprint density at radius 2 is 2.00 bits per heavy atom. The molecule has 2 aromatic rings. The number of hydrogen-bond donors (Lipinski definition) is 0. The third-order valence-corrected chi connectivity index (χ3v) is 2.33. The topological polar surface area (TPSA) is 39.4 Å². The largest absolute Gasteiger partial charge is 0.466 e. The van der Waals surface area contributed by atoms with Crippen LogP contribution in [0.3, 0.4) is 0 Å². The predicted molar refractivity (Wildman–Crippen MR) is 65.2 cm³/mol. The fourth-order valence-corrected chi connectivity index (χ4v) is 1.50. The summed E-state index contributed by atoms with van der Waals surface area (Å²) in [5.74, 6) is 0.357. The quantitative estimate of drug-likeness (QED) is 0.598. The highest BCUT2D eigenvalue weighted by Crippen LogP contribution is 2.25. The summed E-state index contributed by atoms with van der Waals surface area (Å²) in [7, 11) is 1.35. The molecule has 0 fully saturated rings. The van der Waals surface area contributed by atoms with Crippen molar-refractivity contribution < 1.29 is 13.9 Å². The van der Waals surface area contributed by atoms with Gasteiger partial charge in [-0.25, -0.2) is 4.79 Å². The highest BCUT2D eigenvalue weighted by Gasteiger charge is 2.06. The minimum absolute atomic E-state index is 0.384. The van der Waals surface area contributed by atoms with E-state index in [2.05, 4.69) is 4.74 Å². The van der Waals surface area contributed by atoms with Gasteiger partial charge in [0.05, 0.1) is 13.4 Å². The number of furan rings is 1. The van der Waals surface area contributed by atoms with Crippen LogP contribution in [-0.4, -0.2) is 13.1 Å². The number of methoxy groups -OCH3 is 1. The molecule has 0 atom stereocenters. The minimum Gasteiger partial charge on any atom is -0.466 e. The van der Waals surface area contributed by atoms with Crippen LogP contribution in [0, 0.1) is 0 Å². The summed E-state index contributed by atoms with van der Waals surface area (Å²) in [4.78, 5) is 11.0. The van der Waals surface area contributed by atoms with Gasteiger partial charge < -0.3 is 9.15 Å². The van der Waals surface area contributed by atoms with E-state index < -0.39 is 0 Å². The molecule has 0 aliphatic heterocycles. The molecule has 0 N–H and O–H groups in total. The molecular weight excluding hydrogens is 216 g/mol. The number of ether oxygens (including phenoxy) is 1. The van der Waals surface area contributed by atoms with E-state index in [-0.39, 0.29) is 5.97 Å². The van der Waals surface area contributed by atoms with E-state index in [9.17, 15) is 4.79 Å².